The number of hydrogen-bond acceptors (Lipinski definition) is 9. The minimum Gasteiger partial charge on any atom is -0.401 e. The van der Waals surface area contributed by atoms with Gasteiger partial charge >= 0.3 is 0 Å². The molecule has 5 N–H and O–H groups in total. The normalized spacial score (nSPS) is 12.1. The molecule has 0 bridgehead atoms. The van der Waals surface area contributed by atoms with Gasteiger partial charge in [0, 0.05) is 18.4 Å². The second-order valence-corrected chi connectivity index (χ2v) is 6.19. The highest BCUT2D eigenvalue weighted by molar-refractivity contribution is 4.97. The molecule has 0 spiro atoms. The zero-order chi connectivity index (χ0) is 20.2. The van der Waals surface area contributed by atoms with E-state index in [2.05, 4.69) is 5.32 Å². The molecule has 162 valence electrons. The van der Waals surface area contributed by atoms with Crippen LogP contribution in [0.3, 0.4) is 0 Å². The Labute approximate surface area is 164 Å². The number of hydrogen-bond donors (Lipinski definition) is 3. The minimum absolute atomic E-state index is 0.279. The maximum atomic E-state index is 5.83. The van der Waals surface area contributed by atoms with Crippen molar-refractivity contribution in [1.82, 2.24) is 10.3 Å². The molecule has 0 aromatic rings. The largest absolute Gasteiger partial charge is 0.401 e. The molecule has 0 aliphatic heterocycles. The summed E-state index contributed by atoms with van der Waals surface area (Å²) in [7, 11) is 1.90. The molecule has 0 fully saturated rings. The van der Waals surface area contributed by atoms with Gasteiger partial charge < -0.3 is 39.7 Å². The summed E-state index contributed by atoms with van der Waals surface area (Å²) in [5, 5.41) is 4.55. The molecule has 0 aromatic carbocycles. The molecule has 0 unspecified atom stereocenters. The number of likely N-dealkylation sites (N-methyl/N-ethyl adjacent to an activating group) is 1. The van der Waals surface area contributed by atoms with Gasteiger partial charge in [-0.2, -0.15) is 0 Å². The van der Waals surface area contributed by atoms with E-state index >= 15 is 0 Å². The quantitative estimate of drug-likeness (QED) is 0.149. The fourth-order valence-corrected chi connectivity index (χ4v) is 1.73. The Morgan fingerprint density at radius 3 is 1.63 bits per heavy atom. The van der Waals surface area contributed by atoms with Crippen molar-refractivity contribution in [1.29, 1.82) is 0 Å². The first-order valence-electron chi connectivity index (χ1n) is 9.59. The van der Waals surface area contributed by atoms with Crippen molar-refractivity contribution in [3.63, 3.8) is 0 Å². The summed E-state index contributed by atoms with van der Waals surface area (Å²) >= 11 is 0. The van der Waals surface area contributed by atoms with Gasteiger partial charge in [-0.05, 0) is 13.0 Å². The van der Waals surface area contributed by atoms with Crippen molar-refractivity contribution in [3.05, 3.63) is 11.9 Å². The highest BCUT2D eigenvalue weighted by Gasteiger charge is 2.00. The summed E-state index contributed by atoms with van der Waals surface area (Å²) in [5.74, 6) is 6.09. The number of rotatable bonds is 20. The summed E-state index contributed by atoms with van der Waals surface area (Å²) in [6.07, 6.45) is 1.74. The maximum absolute atomic E-state index is 5.83. The third-order valence-electron chi connectivity index (χ3n) is 3.46. The molecule has 0 heterocycles. The van der Waals surface area contributed by atoms with Gasteiger partial charge in [0.1, 0.15) is 0 Å². The molecule has 0 aromatic heterocycles. The Morgan fingerprint density at radius 1 is 0.815 bits per heavy atom. The van der Waals surface area contributed by atoms with Crippen molar-refractivity contribution in [3.8, 4) is 0 Å². The molecular weight excluding hydrogens is 352 g/mol. The van der Waals surface area contributed by atoms with E-state index in [1.807, 2.05) is 20.9 Å². The first-order valence-corrected chi connectivity index (χ1v) is 9.59. The van der Waals surface area contributed by atoms with Crippen LogP contribution in [0.15, 0.2) is 11.9 Å². The standard InChI is InChI=1S/C18H40N4O5/c1-17(2)18(19)16-22(20)5-7-24-9-11-26-13-15-27-14-12-25-10-8-23-6-4-21-3/h16-17,21H,4-15,19-20H2,1-3H3/b18-16-. The van der Waals surface area contributed by atoms with Crippen molar-refractivity contribution in [2.75, 3.05) is 86.2 Å². The number of nitrogens with two attached hydrogens (primary N) is 2. The predicted octanol–water partition coefficient (Wildman–Crippen LogP) is -0.0794. The number of nitrogens with one attached hydrogen (secondary N) is 1. The third kappa shape index (κ3) is 19.6. The van der Waals surface area contributed by atoms with Crippen LogP contribution >= 0.6 is 0 Å². The lowest BCUT2D eigenvalue weighted by atomic mass is 10.2. The Balaban J connectivity index is 3.20. The minimum atomic E-state index is 0.279. The van der Waals surface area contributed by atoms with Crippen LogP contribution in [-0.4, -0.2) is 91.2 Å². The molecule has 0 saturated heterocycles. The maximum Gasteiger partial charge on any atom is 0.0701 e. The third-order valence-corrected chi connectivity index (χ3v) is 3.46. The van der Waals surface area contributed by atoms with Crippen molar-refractivity contribution in [2.45, 2.75) is 13.8 Å². The van der Waals surface area contributed by atoms with Crippen LogP contribution in [-0.2, 0) is 23.7 Å². The Hall–Kier alpha value is -0.940. The Bertz CT molecular complexity index is 346. The van der Waals surface area contributed by atoms with Crippen LogP contribution < -0.4 is 16.9 Å². The topological polar surface area (TPSA) is 113 Å². The Kier molecular flexibility index (Phi) is 19.1. The van der Waals surface area contributed by atoms with Gasteiger partial charge in [-0.25, -0.2) is 5.84 Å². The second-order valence-electron chi connectivity index (χ2n) is 6.19. The number of nitrogens with zero attached hydrogens (tertiary/aromatic N) is 1. The molecule has 0 atom stereocenters. The summed E-state index contributed by atoms with van der Waals surface area (Å²) in [6, 6.07) is 0. The van der Waals surface area contributed by atoms with Gasteiger partial charge in [-0.3, -0.25) is 0 Å². The van der Waals surface area contributed by atoms with Crippen molar-refractivity contribution in [2.24, 2.45) is 17.5 Å². The highest BCUT2D eigenvalue weighted by Crippen LogP contribution is 2.01. The van der Waals surface area contributed by atoms with Gasteiger partial charge in [0.2, 0.25) is 0 Å². The molecule has 0 saturated carbocycles. The van der Waals surface area contributed by atoms with E-state index in [4.69, 9.17) is 35.3 Å². The first kappa shape index (κ1) is 26.1. The first-order chi connectivity index (χ1) is 13.1. The van der Waals surface area contributed by atoms with Crippen molar-refractivity contribution < 1.29 is 23.7 Å². The number of hydrazine groups is 1. The van der Waals surface area contributed by atoms with Gasteiger partial charge in [-0.15, -0.1) is 0 Å². The van der Waals surface area contributed by atoms with E-state index in [1.165, 1.54) is 0 Å². The smallest absolute Gasteiger partial charge is 0.0701 e. The van der Waals surface area contributed by atoms with E-state index in [-0.39, 0.29) is 5.92 Å². The monoisotopic (exact) mass is 392 g/mol. The molecule has 27 heavy (non-hydrogen) atoms. The lowest BCUT2D eigenvalue weighted by Gasteiger charge is -2.16. The molecule has 0 amide bonds. The van der Waals surface area contributed by atoms with Crippen LogP contribution in [0.1, 0.15) is 13.8 Å². The highest BCUT2D eigenvalue weighted by atomic mass is 16.6. The fourth-order valence-electron chi connectivity index (χ4n) is 1.73. The Morgan fingerprint density at radius 2 is 1.22 bits per heavy atom. The van der Waals surface area contributed by atoms with Crippen LogP contribution in [0.25, 0.3) is 0 Å². The van der Waals surface area contributed by atoms with Crippen LogP contribution in [0, 0.1) is 5.92 Å². The molecule has 0 rings (SSSR count). The van der Waals surface area contributed by atoms with Crippen LogP contribution in [0.2, 0.25) is 0 Å². The zero-order valence-electron chi connectivity index (χ0n) is 17.3. The summed E-state index contributed by atoms with van der Waals surface area (Å²) in [6.45, 7) is 11.1. The molecule has 9 nitrogen and oxygen atoms in total. The average Bonchev–Trinajstić information content (AvgIpc) is 2.64. The zero-order valence-corrected chi connectivity index (χ0v) is 17.3. The van der Waals surface area contributed by atoms with E-state index in [1.54, 1.807) is 11.2 Å². The molecule has 0 aliphatic carbocycles. The summed E-state index contributed by atoms with van der Waals surface area (Å²) in [5.41, 5.74) is 6.59. The van der Waals surface area contributed by atoms with E-state index in [0.29, 0.717) is 72.6 Å². The van der Waals surface area contributed by atoms with Gasteiger partial charge in [0.05, 0.1) is 72.6 Å². The van der Waals surface area contributed by atoms with Crippen LogP contribution in [0.5, 0.6) is 0 Å². The van der Waals surface area contributed by atoms with Gasteiger partial charge in [0.25, 0.3) is 0 Å². The summed E-state index contributed by atoms with van der Waals surface area (Å²) < 4.78 is 27.0. The van der Waals surface area contributed by atoms with E-state index in [9.17, 15) is 0 Å². The fraction of sp³-hybridized carbons (Fsp3) is 0.889. The molecular formula is C18H40N4O5. The second kappa shape index (κ2) is 19.8. The number of allylic oxidation sites excluding steroid dienone is 1. The lowest BCUT2D eigenvalue weighted by molar-refractivity contribution is -0.0114. The lowest BCUT2D eigenvalue weighted by Crippen LogP contribution is -2.31. The SMILES string of the molecule is CNCCOCCOCCOCCOCCOCCN(N)/C=C(\N)C(C)C. The average molecular weight is 393 g/mol. The predicted molar refractivity (Wildman–Crippen MR) is 106 cm³/mol. The summed E-state index contributed by atoms with van der Waals surface area (Å²) in [4.78, 5) is 0. The van der Waals surface area contributed by atoms with Gasteiger partial charge in [0.15, 0.2) is 0 Å². The molecule has 0 aliphatic rings. The molecule has 0 radical (unpaired) electrons. The van der Waals surface area contributed by atoms with E-state index in [0.717, 1.165) is 12.2 Å². The molecule has 9 heteroatoms. The number of ether oxygens (including phenoxy) is 5. The van der Waals surface area contributed by atoms with Crippen LogP contribution in [0.4, 0.5) is 0 Å². The van der Waals surface area contributed by atoms with Gasteiger partial charge in [-0.1, -0.05) is 13.8 Å². The van der Waals surface area contributed by atoms with E-state index < -0.39 is 0 Å². The van der Waals surface area contributed by atoms with Crippen molar-refractivity contribution >= 4 is 0 Å².